The smallest absolute Gasteiger partial charge is 0.253 e. The third-order valence-corrected chi connectivity index (χ3v) is 4.28. The molecule has 1 aromatic heterocycles. The maximum Gasteiger partial charge on any atom is 0.253 e. The van der Waals surface area contributed by atoms with Gasteiger partial charge in [0.05, 0.1) is 13.2 Å². The molecule has 2 rings (SSSR count). The van der Waals surface area contributed by atoms with Gasteiger partial charge in [0.2, 0.25) is 0 Å². The van der Waals surface area contributed by atoms with Gasteiger partial charge in [-0.25, -0.2) is 0 Å². The van der Waals surface area contributed by atoms with Crippen LogP contribution in [0.1, 0.15) is 4.88 Å². The molecule has 1 N–H and O–H groups in total. The van der Waals surface area contributed by atoms with Crippen LogP contribution in [0.2, 0.25) is 0 Å². The van der Waals surface area contributed by atoms with Gasteiger partial charge in [-0.15, -0.1) is 23.7 Å². The van der Waals surface area contributed by atoms with E-state index in [9.17, 15) is 4.79 Å². The van der Waals surface area contributed by atoms with Gasteiger partial charge >= 0.3 is 0 Å². The van der Waals surface area contributed by atoms with Crippen LogP contribution in [0.3, 0.4) is 0 Å². The molecule has 1 unspecified atom stereocenters. The fraction of sp³-hybridized carbons (Fsp3) is 0.545. The topological polar surface area (TPSA) is 41.6 Å². The number of nitrogens with zero attached hydrogens (tertiary/aromatic N) is 1. The molecule has 1 aliphatic rings. The molecule has 1 amide bonds. The average Bonchev–Trinajstić information content (AvgIpc) is 2.75. The van der Waals surface area contributed by atoms with Crippen molar-refractivity contribution in [3.63, 3.8) is 0 Å². The highest BCUT2D eigenvalue weighted by Crippen LogP contribution is 2.21. The molecule has 1 fully saturated rings. The Morgan fingerprint density at radius 1 is 1.72 bits per heavy atom. The molecule has 1 aliphatic heterocycles. The van der Waals surface area contributed by atoms with E-state index in [0.717, 1.165) is 15.9 Å². The minimum absolute atomic E-state index is 0. The molecule has 18 heavy (non-hydrogen) atoms. The van der Waals surface area contributed by atoms with Gasteiger partial charge in [0, 0.05) is 34.9 Å². The summed E-state index contributed by atoms with van der Waals surface area (Å²) in [7, 11) is 1.81. The Morgan fingerprint density at radius 3 is 3.06 bits per heavy atom. The van der Waals surface area contributed by atoms with Gasteiger partial charge in [-0.05, 0) is 22.0 Å². The van der Waals surface area contributed by atoms with Crippen LogP contribution >= 0.6 is 39.7 Å². The molecule has 4 nitrogen and oxygen atoms in total. The maximum absolute atomic E-state index is 12.1. The third kappa shape index (κ3) is 4.20. The predicted molar refractivity (Wildman–Crippen MR) is 78.4 cm³/mol. The minimum atomic E-state index is -0.336. The number of halogens is 2. The zero-order chi connectivity index (χ0) is 12.3. The zero-order valence-electron chi connectivity index (χ0n) is 10.0. The van der Waals surface area contributed by atoms with Gasteiger partial charge in [0.15, 0.2) is 0 Å². The highest BCUT2D eigenvalue weighted by molar-refractivity contribution is 9.10. The molecule has 0 saturated carbocycles. The lowest BCUT2D eigenvalue weighted by Gasteiger charge is -2.27. The lowest BCUT2D eigenvalue weighted by Crippen LogP contribution is -2.48. The van der Waals surface area contributed by atoms with Crippen molar-refractivity contribution in [1.82, 2.24) is 10.2 Å². The quantitative estimate of drug-likeness (QED) is 0.900. The number of carbonyl (C=O) groups excluding carboxylic acids is 1. The Kier molecular flexibility index (Phi) is 6.59. The number of morpholine rings is 1. The van der Waals surface area contributed by atoms with Crippen molar-refractivity contribution >= 4 is 45.6 Å². The zero-order valence-corrected chi connectivity index (χ0v) is 13.2. The summed E-state index contributed by atoms with van der Waals surface area (Å²) in [6.45, 7) is 2.67. The second-order valence-corrected chi connectivity index (χ2v) is 5.90. The number of hydrogen-bond acceptors (Lipinski definition) is 4. The monoisotopic (exact) mass is 354 g/mol. The lowest BCUT2D eigenvalue weighted by molar-refractivity contribution is -0.144. The molecular formula is C11H16BrClN2O2S. The van der Waals surface area contributed by atoms with E-state index < -0.39 is 0 Å². The van der Waals surface area contributed by atoms with Crippen LogP contribution in [0.15, 0.2) is 15.9 Å². The molecule has 0 spiro atoms. The summed E-state index contributed by atoms with van der Waals surface area (Å²) in [6.07, 6.45) is -0.336. The van der Waals surface area contributed by atoms with Crippen LogP contribution in [0, 0.1) is 0 Å². The third-order valence-electron chi connectivity index (χ3n) is 2.59. The van der Waals surface area contributed by atoms with E-state index in [1.54, 1.807) is 16.2 Å². The molecule has 0 aliphatic carbocycles. The summed E-state index contributed by atoms with van der Waals surface area (Å²) in [6, 6.07) is 2.04. The van der Waals surface area contributed by atoms with Gasteiger partial charge in [-0.3, -0.25) is 4.79 Å². The standard InChI is InChI=1S/C11H15BrN2O2S.ClH/c1-14(6-9-4-8(12)7-17-9)11(15)10-5-13-2-3-16-10;/h4,7,10,13H,2-3,5-6H2,1H3;1H. The van der Waals surface area contributed by atoms with E-state index in [2.05, 4.69) is 21.2 Å². The van der Waals surface area contributed by atoms with Gasteiger partial charge in [-0.1, -0.05) is 0 Å². The highest BCUT2D eigenvalue weighted by Gasteiger charge is 2.24. The van der Waals surface area contributed by atoms with E-state index in [0.29, 0.717) is 19.7 Å². The van der Waals surface area contributed by atoms with Crippen LogP contribution in [-0.4, -0.2) is 43.7 Å². The van der Waals surface area contributed by atoms with E-state index in [1.165, 1.54) is 0 Å². The van der Waals surface area contributed by atoms with Crippen LogP contribution < -0.4 is 5.32 Å². The fourth-order valence-corrected chi connectivity index (χ4v) is 3.22. The molecule has 0 aromatic carbocycles. The summed E-state index contributed by atoms with van der Waals surface area (Å²) in [5.74, 6) is 0.0433. The van der Waals surface area contributed by atoms with E-state index in [1.807, 2.05) is 18.5 Å². The summed E-state index contributed by atoms with van der Waals surface area (Å²) >= 11 is 5.05. The first-order valence-corrected chi connectivity index (χ1v) is 7.14. The van der Waals surface area contributed by atoms with Crippen molar-refractivity contribution < 1.29 is 9.53 Å². The summed E-state index contributed by atoms with van der Waals surface area (Å²) in [4.78, 5) is 14.9. The number of ether oxygens (including phenoxy) is 1. The number of hydrogen-bond donors (Lipinski definition) is 1. The summed E-state index contributed by atoms with van der Waals surface area (Å²) in [5, 5.41) is 5.18. The first-order valence-electron chi connectivity index (χ1n) is 5.47. The van der Waals surface area contributed by atoms with Crippen LogP contribution in [-0.2, 0) is 16.1 Å². The highest BCUT2D eigenvalue weighted by atomic mass is 79.9. The molecule has 0 bridgehead atoms. The van der Waals surface area contributed by atoms with Crippen LogP contribution in [0.25, 0.3) is 0 Å². The van der Waals surface area contributed by atoms with Crippen molar-refractivity contribution in [1.29, 1.82) is 0 Å². The fourth-order valence-electron chi connectivity index (χ4n) is 1.72. The van der Waals surface area contributed by atoms with Crippen molar-refractivity contribution in [2.45, 2.75) is 12.6 Å². The molecule has 1 aromatic rings. The number of amides is 1. The first kappa shape index (κ1) is 15.9. The Balaban J connectivity index is 0.00000162. The van der Waals surface area contributed by atoms with Crippen LogP contribution in [0.5, 0.6) is 0 Å². The van der Waals surface area contributed by atoms with E-state index in [4.69, 9.17) is 4.74 Å². The molecule has 1 atom stereocenters. The number of carbonyl (C=O) groups is 1. The van der Waals surface area contributed by atoms with E-state index >= 15 is 0 Å². The predicted octanol–water partition coefficient (Wildman–Crippen LogP) is 1.88. The second-order valence-electron chi connectivity index (χ2n) is 3.99. The second kappa shape index (κ2) is 7.45. The Hall–Kier alpha value is -0.140. The molecule has 0 radical (unpaired) electrons. The largest absolute Gasteiger partial charge is 0.366 e. The normalized spacial score (nSPS) is 19.1. The molecule has 1 saturated heterocycles. The van der Waals surface area contributed by atoms with Gasteiger partial charge in [-0.2, -0.15) is 0 Å². The average molecular weight is 356 g/mol. The maximum atomic E-state index is 12.1. The van der Waals surface area contributed by atoms with Gasteiger partial charge in [0.1, 0.15) is 6.10 Å². The molecule has 2 heterocycles. The number of rotatable bonds is 3. The molecule has 7 heteroatoms. The van der Waals surface area contributed by atoms with Crippen molar-refractivity contribution in [2.24, 2.45) is 0 Å². The summed E-state index contributed by atoms with van der Waals surface area (Å²) in [5.41, 5.74) is 0. The Bertz CT molecular complexity index is 396. The van der Waals surface area contributed by atoms with Gasteiger partial charge in [0.25, 0.3) is 5.91 Å². The van der Waals surface area contributed by atoms with Crippen LogP contribution in [0.4, 0.5) is 0 Å². The van der Waals surface area contributed by atoms with Crippen molar-refractivity contribution in [3.05, 3.63) is 20.8 Å². The molecule has 102 valence electrons. The SMILES string of the molecule is CN(Cc1cc(Br)cs1)C(=O)C1CNCCO1.Cl. The number of nitrogens with one attached hydrogen (secondary N) is 1. The van der Waals surface area contributed by atoms with Crippen molar-refractivity contribution in [3.8, 4) is 0 Å². The Labute approximate surface area is 125 Å². The lowest BCUT2D eigenvalue weighted by atomic mass is 10.2. The minimum Gasteiger partial charge on any atom is -0.366 e. The Morgan fingerprint density at radius 2 is 2.50 bits per heavy atom. The van der Waals surface area contributed by atoms with Gasteiger partial charge < -0.3 is 15.0 Å². The van der Waals surface area contributed by atoms with Crippen molar-refractivity contribution in [2.75, 3.05) is 26.7 Å². The number of thiophene rings is 1. The summed E-state index contributed by atoms with van der Waals surface area (Å²) < 4.78 is 6.51. The first-order chi connectivity index (χ1) is 8.16. The van der Waals surface area contributed by atoms with E-state index in [-0.39, 0.29) is 24.4 Å². The molecular weight excluding hydrogens is 340 g/mol. The number of likely N-dealkylation sites (N-methyl/N-ethyl adjacent to an activating group) is 1.